The van der Waals surface area contributed by atoms with Gasteiger partial charge in [0.15, 0.2) is 0 Å². The lowest BCUT2D eigenvalue weighted by atomic mass is 9.83. The minimum atomic E-state index is -0.821. The Labute approximate surface area is 152 Å². The second-order valence-corrected chi connectivity index (χ2v) is 7.92. The first-order valence-corrected chi connectivity index (χ1v) is 9.92. The fourth-order valence-corrected chi connectivity index (χ4v) is 3.93. The zero-order valence-corrected chi connectivity index (χ0v) is 15.6. The highest BCUT2D eigenvalue weighted by Crippen LogP contribution is 2.28. The molecule has 0 bridgehead atoms. The first-order chi connectivity index (χ1) is 12.1. The summed E-state index contributed by atoms with van der Waals surface area (Å²) in [5, 5.41) is 24.1. The van der Waals surface area contributed by atoms with Gasteiger partial charge in [0.25, 0.3) is 0 Å². The normalized spacial score (nSPS) is 20.8. The van der Waals surface area contributed by atoms with Crippen molar-refractivity contribution in [2.24, 2.45) is 17.6 Å². The fourth-order valence-electron chi connectivity index (χ4n) is 3.93. The molecule has 142 valence electrons. The molecule has 0 spiro atoms. The summed E-state index contributed by atoms with van der Waals surface area (Å²) in [5.41, 5.74) is 7.43. The lowest BCUT2D eigenvalue weighted by Gasteiger charge is -2.30. The molecule has 0 saturated heterocycles. The van der Waals surface area contributed by atoms with E-state index in [1.165, 1.54) is 37.7 Å². The molecule has 0 radical (unpaired) electrons. The Kier molecular flexibility index (Phi) is 8.90. The van der Waals surface area contributed by atoms with Crippen molar-refractivity contribution in [1.82, 2.24) is 5.32 Å². The van der Waals surface area contributed by atoms with Gasteiger partial charge in [-0.2, -0.15) is 0 Å². The summed E-state index contributed by atoms with van der Waals surface area (Å²) in [6.45, 7) is 3.74. The van der Waals surface area contributed by atoms with Crippen molar-refractivity contribution in [3.8, 4) is 0 Å². The molecule has 1 saturated carbocycles. The van der Waals surface area contributed by atoms with Gasteiger partial charge in [-0.15, -0.1) is 0 Å². The maximum Gasteiger partial charge on any atom is 0.0949 e. The van der Waals surface area contributed by atoms with E-state index in [4.69, 9.17) is 5.73 Å². The summed E-state index contributed by atoms with van der Waals surface area (Å²) < 4.78 is 0. The van der Waals surface area contributed by atoms with Gasteiger partial charge in [0.05, 0.1) is 12.2 Å². The van der Waals surface area contributed by atoms with E-state index in [1.54, 1.807) is 0 Å². The number of hydrogen-bond acceptors (Lipinski definition) is 4. The summed E-state index contributed by atoms with van der Waals surface area (Å²) in [4.78, 5) is 0. The first kappa shape index (κ1) is 20.4. The highest BCUT2D eigenvalue weighted by molar-refractivity contribution is 5.14. The Morgan fingerprint density at radius 1 is 1.12 bits per heavy atom. The van der Waals surface area contributed by atoms with E-state index < -0.39 is 12.2 Å². The van der Waals surface area contributed by atoms with Crippen LogP contribution in [0.25, 0.3) is 0 Å². The third-order valence-electron chi connectivity index (χ3n) is 5.47. The molecular formula is C21H36N2O2. The number of benzene rings is 1. The molecule has 1 aromatic carbocycles. The molecule has 2 rings (SSSR count). The van der Waals surface area contributed by atoms with Crippen LogP contribution in [0.4, 0.5) is 0 Å². The second-order valence-electron chi connectivity index (χ2n) is 7.92. The number of aliphatic hydroxyl groups is 2. The Morgan fingerprint density at radius 2 is 1.80 bits per heavy atom. The Morgan fingerprint density at radius 3 is 2.48 bits per heavy atom. The van der Waals surface area contributed by atoms with E-state index >= 15 is 0 Å². The number of hydrogen-bond donors (Lipinski definition) is 4. The average molecular weight is 349 g/mol. The third kappa shape index (κ3) is 7.45. The zero-order chi connectivity index (χ0) is 18.1. The van der Waals surface area contributed by atoms with E-state index in [0.29, 0.717) is 12.3 Å². The van der Waals surface area contributed by atoms with Crippen molar-refractivity contribution in [2.75, 3.05) is 6.54 Å². The summed E-state index contributed by atoms with van der Waals surface area (Å²) >= 11 is 0. The zero-order valence-electron chi connectivity index (χ0n) is 15.6. The predicted octanol–water partition coefficient (Wildman–Crippen LogP) is 2.82. The average Bonchev–Trinajstić information content (AvgIpc) is 2.62. The summed E-state index contributed by atoms with van der Waals surface area (Å²) in [7, 11) is 0. The smallest absolute Gasteiger partial charge is 0.0949 e. The Balaban J connectivity index is 1.65. The maximum absolute atomic E-state index is 10.4. The van der Waals surface area contributed by atoms with Crippen LogP contribution in [0.2, 0.25) is 0 Å². The highest BCUT2D eigenvalue weighted by atomic mass is 16.3. The van der Waals surface area contributed by atoms with Crippen LogP contribution in [0.15, 0.2) is 30.3 Å². The van der Waals surface area contributed by atoms with Crippen LogP contribution in [-0.4, -0.2) is 35.0 Å². The molecule has 0 unspecified atom stereocenters. The molecule has 5 N–H and O–H groups in total. The van der Waals surface area contributed by atoms with Gasteiger partial charge in [-0.3, -0.25) is 0 Å². The molecule has 4 atom stereocenters. The number of nitrogens with one attached hydrogen (secondary N) is 1. The van der Waals surface area contributed by atoms with Gasteiger partial charge >= 0.3 is 0 Å². The molecule has 0 amide bonds. The van der Waals surface area contributed by atoms with Crippen LogP contribution in [0.1, 0.15) is 57.4 Å². The van der Waals surface area contributed by atoms with Crippen LogP contribution in [0.5, 0.6) is 0 Å². The Bertz CT molecular complexity index is 462. The molecule has 1 aliphatic rings. The maximum atomic E-state index is 10.4. The van der Waals surface area contributed by atoms with Gasteiger partial charge in [0.1, 0.15) is 0 Å². The fraction of sp³-hybridized carbons (Fsp3) is 0.714. The molecule has 25 heavy (non-hydrogen) atoms. The van der Waals surface area contributed by atoms with Gasteiger partial charge < -0.3 is 21.3 Å². The molecule has 1 aliphatic carbocycles. The van der Waals surface area contributed by atoms with Crippen LogP contribution in [-0.2, 0) is 6.54 Å². The predicted molar refractivity (Wildman–Crippen MR) is 103 cm³/mol. The molecular weight excluding hydrogens is 312 g/mol. The van der Waals surface area contributed by atoms with E-state index in [2.05, 4.69) is 24.4 Å². The van der Waals surface area contributed by atoms with E-state index in [0.717, 1.165) is 19.5 Å². The lowest BCUT2D eigenvalue weighted by molar-refractivity contribution is -0.0127. The second kappa shape index (κ2) is 10.9. The van der Waals surface area contributed by atoms with E-state index in [1.807, 2.05) is 18.2 Å². The summed E-state index contributed by atoms with van der Waals surface area (Å²) in [6.07, 6.45) is 6.16. The van der Waals surface area contributed by atoms with Gasteiger partial charge in [-0.1, -0.05) is 69.4 Å². The van der Waals surface area contributed by atoms with Gasteiger partial charge in [-0.05, 0) is 36.8 Å². The van der Waals surface area contributed by atoms with Crippen LogP contribution < -0.4 is 11.1 Å². The lowest BCUT2D eigenvalue weighted by Crippen LogP contribution is -2.45. The number of aliphatic hydroxyl groups excluding tert-OH is 2. The van der Waals surface area contributed by atoms with E-state index in [-0.39, 0.29) is 12.0 Å². The standard InChI is InChI=1S/C21H36N2O2/c1-16(14-23-15-18-10-6-3-7-11-18)12-20(24)21(25)19(22)13-17-8-4-2-5-9-17/h3,6-7,10-11,16-17,19-21,23-25H,2,4-5,8-9,12-15,22H2,1H3/t16-,19-,20-,21+/m0/s1. The quantitative estimate of drug-likeness (QED) is 0.524. The largest absolute Gasteiger partial charge is 0.390 e. The third-order valence-corrected chi connectivity index (χ3v) is 5.47. The first-order valence-electron chi connectivity index (χ1n) is 9.92. The SMILES string of the molecule is C[C@H](CNCc1ccccc1)C[C@H](O)[C@H](O)[C@@H](N)CC1CCCCC1. The molecule has 1 fully saturated rings. The molecule has 4 nitrogen and oxygen atoms in total. The van der Waals surface area contributed by atoms with Crippen molar-refractivity contribution in [3.63, 3.8) is 0 Å². The van der Waals surface area contributed by atoms with Crippen molar-refractivity contribution >= 4 is 0 Å². The van der Waals surface area contributed by atoms with Gasteiger partial charge in [0, 0.05) is 12.6 Å². The minimum absolute atomic E-state index is 0.287. The Hall–Kier alpha value is -0.940. The summed E-state index contributed by atoms with van der Waals surface area (Å²) in [5.74, 6) is 0.908. The van der Waals surface area contributed by atoms with Crippen LogP contribution in [0, 0.1) is 11.8 Å². The number of nitrogens with two attached hydrogens (primary N) is 1. The molecule has 0 aromatic heterocycles. The van der Waals surface area contributed by atoms with Gasteiger partial charge in [0.2, 0.25) is 0 Å². The number of rotatable bonds is 10. The highest BCUT2D eigenvalue weighted by Gasteiger charge is 2.27. The van der Waals surface area contributed by atoms with Crippen LogP contribution in [0.3, 0.4) is 0 Å². The monoisotopic (exact) mass is 348 g/mol. The minimum Gasteiger partial charge on any atom is -0.390 e. The molecule has 1 aromatic rings. The van der Waals surface area contributed by atoms with Crippen molar-refractivity contribution in [3.05, 3.63) is 35.9 Å². The van der Waals surface area contributed by atoms with Crippen molar-refractivity contribution in [1.29, 1.82) is 0 Å². The van der Waals surface area contributed by atoms with Crippen molar-refractivity contribution < 1.29 is 10.2 Å². The van der Waals surface area contributed by atoms with E-state index in [9.17, 15) is 10.2 Å². The molecule has 0 heterocycles. The molecule has 0 aliphatic heterocycles. The molecule has 4 heteroatoms. The van der Waals surface area contributed by atoms with Crippen LogP contribution >= 0.6 is 0 Å². The van der Waals surface area contributed by atoms with Crippen molar-refractivity contribution in [2.45, 2.75) is 76.7 Å². The van der Waals surface area contributed by atoms with Gasteiger partial charge in [-0.25, -0.2) is 0 Å². The topological polar surface area (TPSA) is 78.5 Å². The summed E-state index contributed by atoms with van der Waals surface area (Å²) in [6, 6.07) is 9.96.